The molecule has 0 spiro atoms. The maximum atomic E-state index is 11.2. The fourth-order valence-corrected chi connectivity index (χ4v) is 1.75. The Morgan fingerprint density at radius 1 is 1.23 bits per heavy atom. The molecule has 2 aliphatic carbocycles. The van der Waals surface area contributed by atoms with Gasteiger partial charge in [0.1, 0.15) is 6.61 Å². The number of hydrogen-bond acceptors (Lipinski definition) is 2. The minimum absolute atomic E-state index is 0.0643. The van der Waals surface area contributed by atoms with E-state index in [4.69, 9.17) is 4.74 Å². The van der Waals surface area contributed by atoms with Crippen molar-refractivity contribution in [2.45, 2.75) is 50.7 Å². The highest BCUT2D eigenvalue weighted by molar-refractivity contribution is 5.77. The summed E-state index contributed by atoms with van der Waals surface area (Å²) in [6.45, 7) is 0.265. The van der Waals surface area contributed by atoms with Gasteiger partial charge in [0, 0.05) is 6.04 Å². The molecule has 74 valence electrons. The summed E-state index contributed by atoms with van der Waals surface area (Å²) in [5, 5.41) is 2.91. The van der Waals surface area contributed by atoms with Gasteiger partial charge in [0.15, 0.2) is 0 Å². The topological polar surface area (TPSA) is 38.3 Å². The van der Waals surface area contributed by atoms with Crippen LogP contribution in [0.5, 0.6) is 0 Å². The molecule has 0 aromatic carbocycles. The summed E-state index contributed by atoms with van der Waals surface area (Å²) in [6, 6.07) is 0.458. The molecule has 0 atom stereocenters. The van der Waals surface area contributed by atoms with Gasteiger partial charge in [-0.15, -0.1) is 0 Å². The third kappa shape index (κ3) is 2.99. The first-order valence-electron chi connectivity index (χ1n) is 5.25. The van der Waals surface area contributed by atoms with Gasteiger partial charge < -0.3 is 10.1 Å². The van der Waals surface area contributed by atoms with Crippen molar-refractivity contribution in [3.05, 3.63) is 0 Å². The molecule has 1 amide bonds. The number of hydrogen-bond donors (Lipinski definition) is 1. The van der Waals surface area contributed by atoms with Crippen molar-refractivity contribution in [2.75, 3.05) is 6.61 Å². The summed E-state index contributed by atoms with van der Waals surface area (Å²) in [6.07, 6.45) is 7.44. The summed E-state index contributed by atoms with van der Waals surface area (Å²) < 4.78 is 5.48. The molecule has 0 saturated heterocycles. The first-order valence-corrected chi connectivity index (χ1v) is 5.25. The lowest BCUT2D eigenvalue weighted by atomic mass is 10.3. The molecule has 3 heteroatoms. The molecule has 2 aliphatic rings. The van der Waals surface area contributed by atoms with Gasteiger partial charge in [0.05, 0.1) is 6.10 Å². The Kier molecular flexibility index (Phi) is 2.83. The van der Waals surface area contributed by atoms with Crippen LogP contribution in [0.25, 0.3) is 0 Å². The van der Waals surface area contributed by atoms with Crippen molar-refractivity contribution in [2.24, 2.45) is 0 Å². The van der Waals surface area contributed by atoms with Gasteiger partial charge in [-0.2, -0.15) is 0 Å². The summed E-state index contributed by atoms with van der Waals surface area (Å²) in [7, 11) is 0. The van der Waals surface area contributed by atoms with Crippen LogP contribution >= 0.6 is 0 Å². The summed E-state index contributed by atoms with van der Waals surface area (Å²) in [4.78, 5) is 11.2. The fraction of sp³-hybridized carbons (Fsp3) is 0.900. The number of nitrogens with one attached hydrogen (secondary N) is 1. The molecule has 3 nitrogen and oxygen atoms in total. The minimum atomic E-state index is 0.0643. The highest BCUT2D eigenvalue weighted by Gasteiger charge is 2.24. The predicted molar refractivity (Wildman–Crippen MR) is 49.4 cm³/mol. The molecular weight excluding hydrogens is 166 g/mol. The Morgan fingerprint density at radius 3 is 2.54 bits per heavy atom. The Labute approximate surface area is 78.8 Å². The van der Waals surface area contributed by atoms with E-state index in [1.54, 1.807) is 0 Å². The van der Waals surface area contributed by atoms with Crippen LogP contribution in [0.15, 0.2) is 0 Å². The van der Waals surface area contributed by atoms with E-state index in [-0.39, 0.29) is 12.5 Å². The molecule has 13 heavy (non-hydrogen) atoms. The second-order valence-electron chi connectivity index (χ2n) is 4.06. The van der Waals surface area contributed by atoms with Crippen molar-refractivity contribution in [1.82, 2.24) is 5.32 Å². The average Bonchev–Trinajstić information content (AvgIpc) is 2.78. The third-order valence-corrected chi connectivity index (χ3v) is 2.69. The maximum absolute atomic E-state index is 11.2. The Hall–Kier alpha value is -0.570. The van der Waals surface area contributed by atoms with Crippen LogP contribution in [0.3, 0.4) is 0 Å². The Morgan fingerprint density at radius 2 is 1.92 bits per heavy atom. The molecule has 0 heterocycles. The molecule has 0 bridgehead atoms. The van der Waals surface area contributed by atoms with Gasteiger partial charge in [-0.1, -0.05) is 12.8 Å². The summed E-state index contributed by atoms with van der Waals surface area (Å²) in [5.41, 5.74) is 0. The van der Waals surface area contributed by atoms with E-state index < -0.39 is 0 Å². The van der Waals surface area contributed by atoms with Crippen molar-refractivity contribution in [3.8, 4) is 0 Å². The van der Waals surface area contributed by atoms with E-state index in [9.17, 15) is 4.79 Å². The average molecular weight is 183 g/mol. The quantitative estimate of drug-likeness (QED) is 0.711. The zero-order chi connectivity index (χ0) is 9.10. The highest BCUT2D eigenvalue weighted by Crippen LogP contribution is 2.21. The SMILES string of the molecule is O=C(COC1CCCC1)NC1CC1. The lowest BCUT2D eigenvalue weighted by molar-refractivity contribution is -0.127. The number of rotatable bonds is 4. The van der Waals surface area contributed by atoms with Gasteiger partial charge in [-0.25, -0.2) is 0 Å². The van der Waals surface area contributed by atoms with Crippen LogP contribution in [-0.4, -0.2) is 24.7 Å². The van der Waals surface area contributed by atoms with Crippen molar-refractivity contribution >= 4 is 5.91 Å². The van der Waals surface area contributed by atoms with Gasteiger partial charge in [0.2, 0.25) is 5.91 Å². The van der Waals surface area contributed by atoms with Gasteiger partial charge in [0.25, 0.3) is 0 Å². The second kappa shape index (κ2) is 4.09. The van der Waals surface area contributed by atoms with Crippen LogP contribution in [0, 0.1) is 0 Å². The molecule has 0 aromatic heterocycles. The number of carbonyl (C=O) groups is 1. The van der Waals surface area contributed by atoms with Gasteiger partial charge >= 0.3 is 0 Å². The van der Waals surface area contributed by atoms with Crippen molar-refractivity contribution in [1.29, 1.82) is 0 Å². The van der Waals surface area contributed by atoms with Crippen LogP contribution in [-0.2, 0) is 9.53 Å². The Bertz CT molecular complexity index is 183. The maximum Gasteiger partial charge on any atom is 0.246 e. The molecule has 0 aromatic rings. The smallest absolute Gasteiger partial charge is 0.246 e. The molecular formula is C10H17NO2. The molecule has 2 rings (SSSR count). The van der Waals surface area contributed by atoms with Crippen molar-refractivity contribution in [3.63, 3.8) is 0 Å². The zero-order valence-corrected chi connectivity index (χ0v) is 7.92. The second-order valence-corrected chi connectivity index (χ2v) is 4.06. The number of ether oxygens (including phenoxy) is 1. The molecule has 2 fully saturated rings. The van der Waals surface area contributed by atoms with Crippen LogP contribution in [0.4, 0.5) is 0 Å². The number of amides is 1. The van der Waals surface area contributed by atoms with Crippen LogP contribution in [0.1, 0.15) is 38.5 Å². The van der Waals surface area contributed by atoms with Crippen LogP contribution in [0.2, 0.25) is 0 Å². The third-order valence-electron chi connectivity index (χ3n) is 2.69. The molecule has 1 N–H and O–H groups in total. The first kappa shape index (κ1) is 9.00. The predicted octanol–water partition coefficient (Wildman–Crippen LogP) is 1.22. The molecule has 2 saturated carbocycles. The highest BCUT2D eigenvalue weighted by atomic mass is 16.5. The standard InChI is InChI=1S/C10H17NO2/c12-10(11-8-5-6-8)7-13-9-3-1-2-4-9/h8-9H,1-7H2,(H,11,12). The molecule has 0 radical (unpaired) electrons. The van der Waals surface area contributed by atoms with Gasteiger partial charge in [-0.05, 0) is 25.7 Å². The largest absolute Gasteiger partial charge is 0.368 e. The Balaban J connectivity index is 1.57. The monoisotopic (exact) mass is 183 g/mol. The number of carbonyl (C=O) groups excluding carboxylic acids is 1. The summed E-state index contributed by atoms with van der Waals surface area (Å²) >= 11 is 0. The zero-order valence-electron chi connectivity index (χ0n) is 7.92. The fourth-order valence-electron chi connectivity index (χ4n) is 1.75. The van der Waals surface area contributed by atoms with Gasteiger partial charge in [-0.3, -0.25) is 4.79 Å². The lowest BCUT2D eigenvalue weighted by Crippen LogP contribution is -2.30. The van der Waals surface area contributed by atoms with E-state index in [1.165, 1.54) is 12.8 Å². The minimum Gasteiger partial charge on any atom is -0.368 e. The summed E-state index contributed by atoms with van der Waals surface area (Å²) in [5.74, 6) is 0.0643. The van der Waals surface area contributed by atoms with E-state index in [0.717, 1.165) is 25.7 Å². The van der Waals surface area contributed by atoms with E-state index in [1.807, 2.05) is 0 Å². The molecule has 0 aliphatic heterocycles. The molecule has 0 unspecified atom stereocenters. The normalized spacial score (nSPS) is 23.4. The van der Waals surface area contributed by atoms with E-state index in [2.05, 4.69) is 5.32 Å². The van der Waals surface area contributed by atoms with E-state index >= 15 is 0 Å². The van der Waals surface area contributed by atoms with Crippen LogP contribution < -0.4 is 5.32 Å². The van der Waals surface area contributed by atoms with Crippen molar-refractivity contribution < 1.29 is 9.53 Å². The first-order chi connectivity index (χ1) is 6.34. The van der Waals surface area contributed by atoms with E-state index in [0.29, 0.717) is 12.1 Å². The lowest BCUT2D eigenvalue weighted by Gasteiger charge is -2.10.